The Labute approximate surface area is 152 Å². The minimum Gasteiger partial charge on any atom is -0.508 e. The summed E-state index contributed by atoms with van der Waals surface area (Å²) < 4.78 is 0. The minimum absolute atomic E-state index is 0.0502. The van der Waals surface area contributed by atoms with Gasteiger partial charge in [0.25, 0.3) is 0 Å². The van der Waals surface area contributed by atoms with Gasteiger partial charge in [-0.15, -0.1) is 0 Å². The summed E-state index contributed by atoms with van der Waals surface area (Å²) in [6.45, 7) is 1.08. The van der Waals surface area contributed by atoms with E-state index < -0.39 is 12.0 Å². The highest BCUT2D eigenvalue weighted by Crippen LogP contribution is 2.30. The Morgan fingerprint density at radius 2 is 1.77 bits per heavy atom. The molecule has 1 aliphatic heterocycles. The highest BCUT2D eigenvalue weighted by Gasteiger charge is 2.34. The van der Waals surface area contributed by atoms with Crippen molar-refractivity contribution in [1.29, 1.82) is 0 Å². The number of rotatable bonds is 5. The number of nitrogens with zero attached hydrogens (tertiary/aromatic N) is 1. The molecule has 0 unspecified atom stereocenters. The van der Waals surface area contributed by atoms with Crippen LogP contribution < -0.4 is 5.32 Å². The van der Waals surface area contributed by atoms with Crippen LogP contribution in [-0.2, 0) is 14.4 Å². The van der Waals surface area contributed by atoms with Crippen LogP contribution in [0.2, 0.25) is 0 Å². The number of hydrogen-bond donors (Lipinski definition) is 3. The van der Waals surface area contributed by atoms with Crippen molar-refractivity contribution in [3.63, 3.8) is 0 Å². The number of carbonyl (C=O) groups is 3. The van der Waals surface area contributed by atoms with Gasteiger partial charge in [-0.2, -0.15) is 0 Å². The van der Waals surface area contributed by atoms with Gasteiger partial charge >= 0.3 is 5.97 Å². The zero-order valence-corrected chi connectivity index (χ0v) is 14.6. The number of nitrogens with one attached hydrogen (secondary N) is 1. The van der Waals surface area contributed by atoms with Gasteiger partial charge in [-0.25, -0.2) is 4.79 Å². The standard InChI is InChI=1S/C19H24N2O5/c22-15-6-2-5-14(11-15)16(19(25)26)20-17(23)12-7-9-21(10-8-12)18(24)13-3-1-4-13/h2,5-6,11-13,16,22H,1,3-4,7-10H2,(H,20,23)(H,25,26)/t16-/m1/s1. The van der Waals surface area contributed by atoms with Gasteiger partial charge in [-0.3, -0.25) is 9.59 Å². The number of carboxylic acids is 1. The molecule has 1 heterocycles. The Bertz CT molecular complexity index is 693. The van der Waals surface area contributed by atoms with Crippen LogP contribution in [0.1, 0.15) is 43.7 Å². The van der Waals surface area contributed by atoms with Crippen LogP contribution in [-0.4, -0.2) is 46.0 Å². The van der Waals surface area contributed by atoms with Crippen molar-refractivity contribution in [2.75, 3.05) is 13.1 Å². The van der Waals surface area contributed by atoms with Crippen molar-refractivity contribution in [2.24, 2.45) is 11.8 Å². The number of carbonyl (C=O) groups excluding carboxylic acids is 2. The van der Waals surface area contributed by atoms with Gasteiger partial charge in [0.1, 0.15) is 5.75 Å². The number of aliphatic carboxylic acids is 1. The largest absolute Gasteiger partial charge is 0.508 e. The van der Waals surface area contributed by atoms with Crippen molar-refractivity contribution in [3.8, 4) is 5.75 Å². The fraction of sp³-hybridized carbons (Fsp3) is 0.526. The third-order valence-electron chi connectivity index (χ3n) is 5.37. The number of carboxylic acid groups (broad SMARTS) is 1. The van der Waals surface area contributed by atoms with Crippen LogP contribution >= 0.6 is 0 Å². The average Bonchev–Trinajstić information content (AvgIpc) is 2.57. The molecular formula is C19H24N2O5. The third-order valence-corrected chi connectivity index (χ3v) is 5.37. The number of piperidine rings is 1. The quantitative estimate of drug-likeness (QED) is 0.740. The van der Waals surface area contributed by atoms with Crippen LogP contribution in [0, 0.1) is 11.8 Å². The Morgan fingerprint density at radius 3 is 2.31 bits per heavy atom. The molecule has 1 aromatic carbocycles. The van der Waals surface area contributed by atoms with Crippen LogP contribution in [0.5, 0.6) is 5.75 Å². The lowest BCUT2D eigenvalue weighted by atomic mass is 9.83. The molecule has 26 heavy (non-hydrogen) atoms. The summed E-state index contributed by atoms with van der Waals surface area (Å²) in [7, 11) is 0. The van der Waals surface area contributed by atoms with E-state index in [-0.39, 0.29) is 29.4 Å². The van der Waals surface area contributed by atoms with E-state index in [9.17, 15) is 24.6 Å². The second-order valence-electron chi connectivity index (χ2n) is 7.10. The predicted octanol–water partition coefficient (Wildman–Crippen LogP) is 1.67. The maximum atomic E-state index is 12.5. The number of benzene rings is 1. The summed E-state index contributed by atoms with van der Waals surface area (Å²) in [5, 5.41) is 21.5. The molecule has 140 valence electrons. The van der Waals surface area contributed by atoms with E-state index >= 15 is 0 Å². The minimum atomic E-state index is -1.20. The van der Waals surface area contributed by atoms with E-state index in [1.54, 1.807) is 6.07 Å². The van der Waals surface area contributed by atoms with Crippen molar-refractivity contribution in [3.05, 3.63) is 29.8 Å². The van der Waals surface area contributed by atoms with E-state index in [0.717, 1.165) is 19.3 Å². The zero-order valence-electron chi connectivity index (χ0n) is 14.6. The maximum absolute atomic E-state index is 12.5. The second-order valence-corrected chi connectivity index (χ2v) is 7.10. The van der Waals surface area contributed by atoms with E-state index in [1.807, 2.05) is 4.90 Å². The zero-order chi connectivity index (χ0) is 18.7. The SMILES string of the molecule is O=C(N[C@@H](C(=O)O)c1cccc(O)c1)C1CCN(C(=O)C2CCC2)CC1. The van der Waals surface area contributed by atoms with Gasteiger partial charge in [-0.05, 0) is 43.4 Å². The molecule has 1 aromatic rings. The molecule has 0 aromatic heterocycles. The van der Waals surface area contributed by atoms with Gasteiger partial charge in [0.2, 0.25) is 11.8 Å². The van der Waals surface area contributed by atoms with E-state index in [0.29, 0.717) is 31.5 Å². The molecule has 3 N–H and O–H groups in total. The summed E-state index contributed by atoms with van der Waals surface area (Å²) in [4.78, 5) is 38.1. The summed E-state index contributed by atoms with van der Waals surface area (Å²) >= 11 is 0. The molecule has 0 spiro atoms. The number of likely N-dealkylation sites (tertiary alicyclic amines) is 1. The van der Waals surface area contributed by atoms with Crippen molar-refractivity contribution in [2.45, 2.75) is 38.1 Å². The number of phenolic OH excluding ortho intramolecular Hbond substituents is 1. The molecule has 0 bridgehead atoms. The summed E-state index contributed by atoms with van der Waals surface area (Å²) in [5.74, 6) is -1.51. The number of phenols is 1. The Hall–Kier alpha value is -2.57. The molecule has 7 nitrogen and oxygen atoms in total. The molecule has 1 aliphatic carbocycles. The number of hydrogen-bond acceptors (Lipinski definition) is 4. The lowest BCUT2D eigenvalue weighted by molar-refractivity contribution is -0.144. The van der Waals surface area contributed by atoms with Gasteiger partial charge < -0.3 is 20.4 Å². The van der Waals surface area contributed by atoms with Crippen LogP contribution in [0.15, 0.2) is 24.3 Å². The molecule has 1 atom stereocenters. The Balaban J connectivity index is 1.57. The molecule has 2 amide bonds. The number of amides is 2. The topological polar surface area (TPSA) is 107 Å². The molecule has 3 rings (SSSR count). The first-order valence-electron chi connectivity index (χ1n) is 9.06. The fourth-order valence-electron chi connectivity index (χ4n) is 3.53. The third kappa shape index (κ3) is 3.98. The summed E-state index contributed by atoms with van der Waals surface area (Å²) in [6.07, 6.45) is 4.11. The van der Waals surface area contributed by atoms with Crippen LogP contribution in [0.4, 0.5) is 0 Å². The first-order valence-corrected chi connectivity index (χ1v) is 9.06. The first kappa shape index (κ1) is 18.2. The van der Waals surface area contributed by atoms with Crippen LogP contribution in [0.3, 0.4) is 0 Å². The summed E-state index contributed by atoms with van der Waals surface area (Å²) in [6, 6.07) is 4.66. The molecule has 2 fully saturated rings. The van der Waals surface area contributed by atoms with Crippen molar-refractivity contribution >= 4 is 17.8 Å². The van der Waals surface area contributed by atoms with E-state index in [4.69, 9.17) is 0 Å². The van der Waals surface area contributed by atoms with Gasteiger partial charge in [0.05, 0.1) is 0 Å². The molecular weight excluding hydrogens is 336 g/mol. The van der Waals surface area contributed by atoms with E-state index in [1.165, 1.54) is 18.2 Å². The van der Waals surface area contributed by atoms with Crippen molar-refractivity contribution in [1.82, 2.24) is 10.2 Å². The lowest BCUT2D eigenvalue weighted by Gasteiger charge is -2.36. The molecule has 1 saturated carbocycles. The highest BCUT2D eigenvalue weighted by atomic mass is 16.4. The van der Waals surface area contributed by atoms with Crippen molar-refractivity contribution < 1.29 is 24.6 Å². The van der Waals surface area contributed by atoms with Gasteiger partial charge in [0, 0.05) is 24.9 Å². The molecule has 1 saturated heterocycles. The lowest BCUT2D eigenvalue weighted by Crippen LogP contribution is -2.47. The first-order chi connectivity index (χ1) is 12.5. The predicted molar refractivity (Wildman–Crippen MR) is 93.3 cm³/mol. The van der Waals surface area contributed by atoms with E-state index in [2.05, 4.69) is 5.32 Å². The fourth-order valence-corrected chi connectivity index (χ4v) is 3.53. The van der Waals surface area contributed by atoms with Gasteiger partial charge in [0.15, 0.2) is 6.04 Å². The average molecular weight is 360 g/mol. The molecule has 2 aliphatic rings. The Morgan fingerprint density at radius 1 is 1.08 bits per heavy atom. The second kappa shape index (κ2) is 7.76. The van der Waals surface area contributed by atoms with Gasteiger partial charge in [-0.1, -0.05) is 18.6 Å². The van der Waals surface area contributed by atoms with Crippen LogP contribution in [0.25, 0.3) is 0 Å². The molecule has 7 heteroatoms. The Kier molecular flexibility index (Phi) is 5.44. The number of aromatic hydroxyl groups is 1. The molecule has 0 radical (unpaired) electrons. The normalized spacial score (nSPS) is 19.5. The summed E-state index contributed by atoms with van der Waals surface area (Å²) in [5.41, 5.74) is 0.323. The maximum Gasteiger partial charge on any atom is 0.330 e. The smallest absolute Gasteiger partial charge is 0.330 e. The highest BCUT2D eigenvalue weighted by molar-refractivity contribution is 5.86. The monoisotopic (exact) mass is 360 g/mol.